The molecule has 0 aromatic carbocycles. The van der Waals surface area contributed by atoms with Crippen LogP contribution in [0.15, 0.2) is 6.20 Å². The first kappa shape index (κ1) is 12.1. The Labute approximate surface area is 91.0 Å². The number of rotatable bonds is 7. The summed E-state index contributed by atoms with van der Waals surface area (Å²) in [6, 6.07) is 0.445. The van der Waals surface area contributed by atoms with E-state index < -0.39 is 0 Å². The topological polar surface area (TPSA) is 65.6 Å². The molecule has 3 N–H and O–H groups in total. The van der Waals surface area contributed by atoms with Gasteiger partial charge in [-0.15, -0.1) is 0 Å². The van der Waals surface area contributed by atoms with Crippen molar-refractivity contribution in [1.82, 2.24) is 26.0 Å². The van der Waals surface area contributed by atoms with Crippen molar-refractivity contribution in [2.24, 2.45) is 5.92 Å². The van der Waals surface area contributed by atoms with Gasteiger partial charge in [-0.25, -0.2) is 0 Å². The number of aromatic amines is 1. The molecule has 0 amide bonds. The summed E-state index contributed by atoms with van der Waals surface area (Å²) in [5, 5.41) is 17.1. The van der Waals surface area contributed by atoms with Crippen LogP contribution >= 0.6 is 0 Å². The maximum absolute atomic E-state index is 3.98. The Bertz CT molecular complexity index is 244. The Hall–Kier alpha value is -0.940. The number of H-pyrrole nitrogens is 1. The standard InChI is InChI=1S/C10H21N5/c1-8(2)4-11-5-9(3)12-6-10-7-13-15-14-10/h7-9,11-12H,4-6H2,1-3H3,(H,13,14,15). The van der Waals surface area contributed by atoms with Gasteiger partial charge < -0.3 is 10.6 Å². The molecule has 0 bridgehead atoms. The summed E-state index contributed by atoms with van der Waals surface area (Å²) in [5.74, 6) is 0.702. The van der Waals surface area contributed by atoms with Gasteiger partial charge in [-0.2, -0.15) is 15.4 Å². The summed E-state index contributed by atoms with van der Waals surface area (Å²) in [4.78, 5) is 0. The molecule has 0 aliphatic carbocycles. The SMILES string of the molecule is CC(C)CNCC(C)NCc1cn[nH]n1. The molecule has 0 saturated heterocycles. The van der Waals surface area contributed by atoms with Crippen molar-refractivity contribution in [2.45, 2.75) is 33.4 Å². The lowest BCUT2D eigenvalue weighted by Crippen LogP contribution is -2.37. The van der Waals surface area contributed by atoms with Gasteiger partial charge in [-0.1, -0.05) is 13.8 Å². The summed E-state index contributed by atoms with van der Waals surface area (Å²) >= 11 is 0. The lowest BCUT2D eigenvalue weighted by atomic mass is 10.2. The minimum atomic E-state index is 0.445. The molecule has 0 fully saturated rings. The van der Waals surface area contributed by atoms with Gasteiger partial charge >= 0.3 is 0 Å². The molecule has 15 heavy (non-hydrogen) atoms. The van der Waals surface area contributed by atoms with E-state index in [4.69, 9.17) is 0 Å². The average molecular weight is 211 g/mol. The van der Waals surface area contributed by atoms with E-state index in [2.05, 4.69) is 46.8 Å². The number of hydrogen-bond donors (Lipinski definition) is 3. The highest BCUT2D eigenvalue weighted by Gasteiger charge is 2.02. The smallest absolute Gasteiger partial charge is 0.0962 e. The van der Waals surface area contributed by atoms with E-state index >= 15 is 0 Å². The molecule has 1 heterocycles. The number of hydrogen-bond acceptors (Lipinski definition) is 4. The third-order valence-electron chi connectivity index (χ3n) is 2.10. The Balaban J connectivity index is 2.06. The average Bonchev–Trinajstić information content (AvgIpc) is 2.66. The van der Waals surface area contributed by atoms with Crippen molar-refractivity contribution in [2.75, 3.05) is 13.1 Å². The van der Waals surface area contributed by atoms with E-state index in [0.717, 1.165) is 25.3 Å². The van der Waals surface area contributed by atoms with Gasteiger partial charge in [-0.05, 0) is 19.4 Å². The quantitative estimate of drug-likeness (QED) is 0.615. The monoisotopic (exact) mass is 211 g/mol. The molecule has 1 atom stereocenters. The Morgan fingerprint density at radius 1 is 1.33 bits per heavy atom. The summed E-state index contributed by atoms with van der Waals surface area (Å²) in [7, 11) is 0. The fourth-order valence-corrected chi connectivity index (χ4v) is 1.25. The van der Waals surface area contributed by atoms with E-state index in [0.29, 0.717) is 12.0 Å². The highest BCUT2D eigenvalue weighted by Crippen LogP contribution is 1.90. The summed E-state index contributed by atoms with van der Waals surface area (Å²) in [6.07, 6.45) is 1.74. The maximum Gasteiger partial charge on any atom is 0.0962 e. The van der Waals surface area contributed by atoms with E-state index in [1.54, 1.807) is 6.20 Å². The summed E-state index contributed by atoms with van der Waals surface area (Å²) in [5.41, 5.74) is 0.950. The Morgan fingerprint density at radius 3 is 2.73 bits per heavy atom. The second-order valence-corrected chi connectivity index (χ2v) is 4.30. The molecule has 1 rings (SSSR count). The third-order valence-corrected chi connectivity index (χ3v) is 2.10. The van der Waals surface area contributed by atoms with Gasteiger partial charge in [0.15, 0.2) is 0 Å². The minimum absolute atomic E-state index is 0.445. The van der Waals surface area contributed by atoms with Crippen LogP contribution in [0.5, 0.6) is 0 Å². The Morgan fingerprint density at radius 2 is 2.13 bits per heavy atom. The van der Waals surface area contributed by atoms with Gasteiger partial charge in [0.05, 0.1) is 11.9 Å². The first-order valence-corrected chi connectivity index (χ1v) is 5.47. The Kier molecular flexibility index (Phi) is 5.28. The van der Waals surface area contributed by atoms with Crippen molar-refractivity contribution in [3.63, 3.8) is 0 Å². The fraction of sp³-hybridized carbons (Fsp3) is 0.800. The van der Waals surface area contributed by atoms with Crippen LogP contribution in [-0.4, -0.2) is 34.5 Å². The number of nitrogens with zero attached hydrogens (tertiary/aromatic N) is 2. The van der Waals surface area contributed by atoms with Crippen molar-refractivity contribution >= 4 is 0 Å². The third kappa shape index (κ3) is 5.49. The van der Waals surface area contributed by atoms with E-state index in [-0.39, 0.29) is 0 Å². The van der Waals surface area contributed by atoms with Crippen LogP contribution in [0.2, 0.25) is 0 Å². The molecule has 1 unspecified atom stereocenters. The number of nitrogens with one attached hydrogen (secondary N) is 3. The molecule has 1 aromatic rings. The minimum Gasteiger partial charge on any atom is -0.315 e. The van der Waals surface area contributed by atoms with Gasteiger partial charge in [0.2, 0.25) is 0 Å². The lowest BCUT2D eigenvalue weighted by molar-refractivity contribution is 0.470. The highest BCUT2D eigenvalue weighted by molar-refractivity contribution is 4.89. The number of aromatic nitrogens is 3. The molecule has 0 saturated carbocycles. The van der Waals surface area contributed by atoms with E-state index in [1.807, 2.05) is 0 Å². The second kappa shape index (κ2) is 6.53. The fourth-order valence-electron chi connectivity index (χ4n) is 1.25. The highest BCUT2D eigenvalue weighted by atomic mass is 15.3. The van der Waals surface area contributed by atoms with Gasteiger partial charge in [0.25, 0.3) is 0 Å². The first-order valence-electron chi connectivity index (χ1n) is 5.47. The van der Waals surface area contributed by atoms with Crippen LogP contribution in [-0.2, 0) is 6.54 Å². The zero-order valence-corrected chi connectivity index (χ0v) is 9.75. The van der Waals surface area contributed by atoms with Crippen LogP contribution in [0.25, 0.3) is 0 Å². The second-order valence-electron chi connectivity index (χ2n) is 4.30. The van der Waals surface area contributed by atoms with Crippen LogP contribution in [0, 0.1) is 5.92 Å². The van der Waals surface area contributed by atoms with Crippen molar-refractivity contribution in [1.29, 1.82) is 0 Å². The van der Waals surface area contributed by atoms with Crippen molar-refractivity contribution < 1.29 is 0 Å². The molecular formula is C10H21N5. The molecule has 5 heteroatoms. The molecular weight excluding hydrogens is 190 g/mol. The van der Waals surface area contributed by atoms with Gasteiger partial charge in [0.1, 0.15) is 0 Å². The summed E-state index contributed by atoms with van der Waals surface area (Å²) < 4.78 is 0. The molecule has 1 aromatic heterocycles. The predicted molar refractivity (Wildman–Crippen MR) is 60.4 cm³/mol. The maximum atomic E-state index is 3.98. The van der Waals surface area contributed by atoms with Crippen LogP contribution in [0.4, 0.5) is 0 Å². The first-order chi connectivity index (χ1) is 7.18. The summed E-state index contributed by atoms with van der Waals surface area (Å²) in [6.45, 7) is 9.39. The molecule has 0 radical (unpaired) electrons. The molecule has 0 spiro atoms. The van der Waals surface area contributed by atoms with Crippen LogP contribution < -0.4 is 10.6 Å². The van der Waals surface area contributed by atoms with Crippen molar-refractivity contribution in [3.8, 4) is 0 Å². The zero-order valence-electron chi connectivity index (χ0n) is 9.75. The molecule has 5 nitrogen and oxygen atoms in total. The van der Waals surface area contributed by atoms with Gasteiger partial charge in [-0.3, -0.25) is 0 Å². The van der Waals surface area contributed by atoms with Crippen LogP contribution in [0.3, 0.4) is 0 Å². The van der Waals surface area contributed by atoms with Crippen LogP contribution in [0.1, 0.15) is 26.5 Å². The van der Waals surface area contributed by atoms with Crippen molar-refractivity contribution in [3.05, 3.63) is 11.9 Å². The lowest BCUT2D eigenvalue weighted by Gasteiger charge is -2.14. The molecule has 0 aliphatic rings. The zero-order chi connectivity index (χ0) is 11.1. The molecule has 0 aliphatic heterocycles. The van der Waals surface area contributed by atoms with E-state index in [9.17, 15) is 0 Å². The molecule has 86 valence electrons. The predicted octanol–water partition coefficient (Wildman–Crippen LogP) is 0.528. The normalized spacial score (nSPS) is 13.3. The van der Waals surface area contributed by atoms with Gasteiger partial charge in [0, 0.05) is 19.1 Å². The largest absolute Gasteiger partial charge is 0.315 e. The van der Waals surface area contributed by atoms with E-state index in [1.165, 1.54) is 0 Å².